The molecule has 1 fully saturated rings. The zero-order valence-electron chi connectivity index (χ0n) is 14.4. The van der Waals surface area contributed by atoms with Gasteiger partial charge in [0.1, 0.15) is 17.1 Å². The average Bonchev–Trinajstić information content (AvgIpc) is 3.22. The van der Waals surface area contributed by atoms with E-state index < -0.39 is 0 Å². The Morgan fingerprint density at radius 2 is 2.12 bits per heavy atom. The average molecular weight is 339 g/mol. The molecule has 1 aliphatic rings. The van der Waals surface area contributed by atoms with Crippen LogP contribution in [0.5, 0.6) is 0 Å². The Hall–Kier alpha value is -2.83. The molecular formula is C18H21N5O2. The molecule has 3 aromatic rings. The van der Waals surface area contributed by atoms with Gasteiger partial charge in [0.05, 0.1) is 11.6 Å². The zero-order valence-corrected chi connectivity index (χ0v) is 14.4. The number of fused-ring (bicyclic) bond motifs is 1. The van der Waals surface area contributed by atoms with E-state index in [0.717, 1.165) is 48.4 Å². The Morgan fingerprint density at radius 3 is 2.84 bits per heavy atom. The number of pyridine rings is 1. The van der Waals surface area contributed by atoms with Gasteiger partial charge in [-0.05, 0) is 38.0 Å². The van der Waals surface area contributed by atoms with Gasteiger partial charge in [-0.25, -0.2) is 4.98 Å². The van der Waals surface area contributed by atoms with E-state index in [-0.39, 0.29) is 11.9 Å². The molecule has 7 nitrogen and oxygen atoms in total. The summed E-state index contributed by atoms with van der Waals surface area (Å²) in [4.78, 5) is 19.1. The smallest absolute Gasteiger partial charge is 0.272 e. The lowest BCUT2D eigenvalue weighted by Crippen LogP contribution is -2.45. The first kappa shape index (κ1) is 15.7. The number of carbonyl (C=O) groups excluding carboxylic acids is 1. The molecular weight excluding hydrogens is 318 g/mol. The number of anilines is 1. The van der Waals surface area contributed by atoms with Crippen LogP contribution in [0, 0.1) is 6.92 Å². The summed E-state index contributed by atoms with van der Waals surface area (Å²) >= 11 is 0. The van der Waals surface area contributed by atoms with E-state index >= 15 is 0 Å². The normalized spacial score (nSPS) is 15.7. The van der Waals surface area contributed by atoms with Gasteiger partial charge in [0.25, 0.3) is 5.91 Å². The van der Waals surface area contributed by atoms with Gasteiger partial charge in [-0.2, -0.15) is 5.10 Å². The van der Waals surface area contributed by atoms with E-state index in [4.69, 9.17) is 4.42 Å². The first-order chi connectivity index (χ1) is 12.1. The largest absolute Gasteiger partial charge is 0.464 e. The molecule has 0 aliphatic carbocycles. The lowest BCUT2D eigenvalue weighted by molar-refractivity contribution is 0.0925. The number of nitrogens with zero attached hydrogens (tertiary/aromatic N) is 4. The van der Waals surface area contributed by atoms with Crippen molar-refractivity contribution < 1.29 is 9.21 Å². The van der Waals surface area contributed by atoms with Crippen LogP contribution in [-0.4, -0.2) is 39.8 Å². The minimum Gasteiger partial charge on any atom is -0.464 e. The summed E-state index contributed by atoms with van der Waals surface area (Å²) in [6.07, 6.45) is 5.23. The second-order valence-electron chi connectivity index (χ2n) is 6.50. The van der Waals surface area contributed by atoms with Crippen molar-refractivity contribution >= 4 is 22.7 Å². The second kappa shape index (κ2) is 6.23. The molecule has 130 valence electrons. The van der Waals surface area contributed by atoms with Crippen LogP contribution in [0.15, 0.2) is 35.1 Å². The van der Waals surface area contributed by atoms with Crippen LogP contribution in [0.3, 0.4) is 0 Å². The number of nitrogens with one attached hydrogen (secondary N) is 1. The van der Waals surface area contributed by atoms with E-state index in [0.29, 0.717) is 5.69 Å². The third kappa shape index (κ3) is 2.97. The molecule has 1 N–H and O–H groups in total. The highest BCUT2D eigenvalue weighted by molar-refractivity contribution is 5.92. The quantitative estimate of drug-likeness (QED) is 0.792. The van der Waals surface area contributed by atoms with Crippen LogP contribution < -0.4 is 10.2 Å². The fraction of sp³-hybridized carbons (Fsp3) is 0.389. The molecule has 7 heteroatoms. The highest BCUT2D eigenvalue weighted by Gasteiger charge is 2.24. The van der Waals surface area contributed by atoms with Gasteiger partial charge in [0.15, 0.2) is 0 Å². The van der Waals surface area contributed by atoms with Gasteiger partial charge in [-0.15, -0.1) is 0 Å². The predicted octanol–water partition coefficient (Wildman–Crippen LogP) is 2.27. The molecule has 1 amide bonds. The van der Waals surface area contributed by atoms with E-state index in [1.807, 2.05) is 32.2 Å². The second-order valence-corrected chi connectivity index (χ2v) is 6.50. The SMILES string of the molecule is Cc1cc(C(=O)NC2CCN(c3nccc4occc34)CC2)nn1C. The Bertz CT molecular complexity index is 886. The molecule has 0 unspecified atom stereocenters. The van der Waals surface area contributed by atoms with Crippen molar-refractivity contribution in [3.63, 3.8) is 0 Å². The van der Waals surface area contributed by atoms with Gasteiger partial charge in [-0.3, -0.25) is 9.48 Å². The number of hydrogen-bond donors (Lipinski definition) is 1. The fourth-order valence-corrected chi connectivity index (χ4v) is 3.30. The van der Waals surface area contributed by atoms with Crippen molar-refractivity contribution in [2.45, 2.75) is 25.8 Å². The summed E-state index contributed by atoms with van der Waals surface area (Å²) in [6.45, 7) is 3.64. The third-order valence-corrected chi connectivity index (χ3v) is 4.83. The van der Waals surface area contributed by atoms with Crippen LogP contribution in [0.1, 0.15) is 29.0 Å². The van der Waals surface area contributed by atoms with Crippen LogP contribution in [0.25, 0.3) is 11.0 Å². The van der Waals surface area contributed by atoms with E-state index in [2.05, 4.69) is 20.3 Å². The van der Waals surface area contributed by atoms with Gasteiger partial charge < -0.3 is 14.6 Å². The molecule has 0 aromatic carbocycles. The Balaban J connectivity index is 1.40. The van der Waals surface area contributed by atoms with Gasteiger partial charge >= 0.3 is 0 Å². The molecule has 0 saturated carbocycles. The Labute approximate surface area is 145 Å². The van der Waals surface area contributed by atoms with Crippen LogP contribution in [0.4, 0.5) is 5.82 Å². The van der Waals surface area contributed by atoms with Crippen molar-refractivity contribution in [3.05, 3.63) is 42.0 Å². The summed E-state index contributed by atoms with van der Waals surface area (Å²) in [5.41, 5.74) is 2.30. The predicted molar refractivity (Wildman–Crippen MR) is 94.7 cm³/mol. The minimum absolute atomic E-state index is 0.0998. The first-order valence-corrected chi connectivity index (χ1v) is 8.50. The maximum atomic E-state index is 12.3. The fourth-order valence-electron chi connectivity index (χ4n) is 3.30. The number of aryl methyl sites for hydroxylation is 2. The number of hydrogen-bond acceptors (Lipinski definition) is 5. The molecule has 0 spiro atoms. The van der Waals surface area contributed by atoms with Crippen LogP contribution >= 0.6 is 0 Å². The Morgan fingerprint density at radius 1 is 1.32 bits per heavy atom. The molecule has 0 atom stereocenters. The standard InChI is InChI=1S/C18H21N5O2/c1-12-11-15(21-22(12)2)18(24)20-13-4-8-23(9-5-13)17-14-6-10-25-16(14)3-7-19-17/h3,6-7,10-11,13H,4-5,8-9H2,1-2H3,(H,20,24). The number of piperidine rings is 1. The molecule has 25 heavy (non-hydrogen) atoms. The van der Waals surface area contributed by atoms with Crippen molar-refractivity contribution in [3.8, 4) is 0 Å². The number of carbonyl (C=O) groups is 1. The lowest BCUT2D eigenvalue weighted by atomic mass is 10.0. The summed E-state index contributed by atoms with van der Waals surface area (Å²) in [7, 11) is 1.84. The van der Waals surface area contributed by atoms with Crippen molar-refractivity contribution in [2.24, 2.45) is 7.05 Å². The van der Waals surface area contributed by atoms with Gasteiger partial charge in [-0.1, -0.05) is 0 Å². The molecule has 3 aromatic heterocycles. The molecule has 0 radical (unpaired) electrons. The molecule has 4 rings (SSSR count). The number of amides is 1. The summed E-state index contributed by atoms with van der Waals surface area (Å²) < 4.78 is 7.17. The van der Waals surface area contributed by atoms with Crippen LogP contribution in [-0.2, 0) is 7.05 Å². The maximum Gasteiger partial charge on any atom is 0.272 e. The van der Waals surface area contributed by atoms with E-state index in [1.165, 1.54) is 0 Å². The topological polar surface area (TPSA) is 76.2 Å². The number of furan rings is 1. The van der Waals surface area contributed by atoms with Crippen molar-refractivity contribution in [2.75, 3.05) is 18.0 Å². The molecule has 1 aliphatic heterocycles. The molecule has 0 bridgehead atoms. The molecule has 1 saturated heterocycles. The van der Waals surface area contributed by atoms with Crippen molar-refractivity contribution in [1.29, 1.82) is 0 Å². The highest BCUT2D eigenvalue weighted by atomic mass is 16.3. The lowest BCUT2D eigenvalue weighted by Gasteiger charge is -2.33. The summed E-state index contributed by atoms with van der Waals surface area (Å²) in [6, 6.07) is 5.80. The highest BCUT2D eigenvalue weighted by Crippen LogP contribution is 2.27. The van der Waals surface area contributed by atoms with Gasteiger partial charge in [0, 0.05) is 38.1 Å². The number of aromatic nitrogens is 3. The monoisotopic (exact) mass is 339 g/mol. The van der Waals surface area contributed by atoms with Crippen molar-refractivity contribution in [1.82, 2.24) is 20.1 Å². The maximum absolute atomic E-state index is 12.3. The minimum atomic E-state index is -0.0998. The first-order valence-electron chi connectivity index (χ1n) is 8.50. The zero-order chi connectivity index (χ0) is 17.4. The summed E-state index contributed by atoms with van der Waals surface area (Å²) in [5.74, 6) is 0.855. The Kier molecular flexibility index (Phi) is 3.91. The van der Waals surface area contributed by atoms with E-state index in [9.17, 15) is 4.79 Å². The molecule has 4 heterocycles. The van der Waals surface area contributed by atoms with E-state index in [1.54, 1.807) is 17.1 Å². The van der Waals surface area contributed by atoms with Crippen LogP contribution in [0.2, 0.25) is 0 Å². The third-order valence-electron chi connectivity index (χ3n) is 4.83. The summed E-state index contributed by atoms with van der Waals surface area (Å²) in [5, 5.41) is 8.38. The van der Waals surface area contributed by atoms with Gasteiger partial charge in [0.2, 0.25) is 0 Å². The number of rotatable bonds is 3.